The van der Waals surface area contributed by atoms with Gasteiger partial charge in [0.05, 0.1) is 17.7 Å². The molecule has 0 radical (unpaired) electrons. The first-order chi connectivity index (χ1) is 10.5. The van der Waals surface area contributed by atoms with E-state index in [1.807, 2.05) is 24.3 Å². The highest BCUT2D eigenvalue weighted by Crippen LogP contribution is 2.25. The summed E-state index contributed by atoms with van der Waals surface area (Å²) >= 11 is 5.76. The molecule has 0 heterocycles. The summed E-state index contributed by atoms with van der Waals surface area (Å²) in [5, 5.41) is 20.1. The zero-order valence-corrected chi connectivity index (χ0v) is 12.3. The van der Waals surface area contributed by atoms with Gasteiger partial charge in [-0.2, -0.15) is 0 Å². The van der Waals surface area contributed by atoms with Crippen LogP contribution in [0.4, 0.5) is 9.18 Å². The standard InChI is InChI=1S/C16H15ClFNO3/c17-14-8-12(5-6-15(14)18)11-3-1-10(2-4-11)7-13(9-20)19-16(21)22/h1-6,8,13,19-20H,7,9H2,(H,21,22). The van der Waals surface area contributed by atoms with Gasteiger partial charge in [-0.05, 0) is 35.2 Å². The number of amides is 1. The van der Waals surface area contributed by atoms with E-state index in [4.69, 9.17) is 21.8 Å². The molecule has 0 bridgehead atoms. The van der Waals surface area contributed by atoms with E-state index < -0.39 is 18.0 Å². The fourth-order valence-corrected chi connectivity index (χ4v) is 2.31. The summed E-state index contributed by atoms with van der Waals surface area (Å²) in [6, 6.07) is 11.3. The molecular formula is C16H15ClFNO3. The van der Waals surface area contributed by atoms with Crippen LogP contribution >= 0.6 is 11.6 Å². The van der Waals surface area contributed by atoms with Crippen LogP contribution in [0.5, 0.6) is 0 Å². The zero-order valence-electron chi connectivity index (χ0n) is 11.6. The van der Waals surface area contributed by atoms with E-state index in [2.05, 4.69) is 5.32 Å². The third kappa shape index (κ3) is 4.19. The second-order valence-electron chi connectivity index (χ2n) is 4.86. The van der Waals surface area contributed by atoms with Gasteiger partial charge in [0, 0.05) is 0 Å². The van der Waals surface area contributed by atoms with Crippen molar-refractivity contribution in [2.45, 2.75) is 12.5 Å². The summed E-state index contributed by atoms with van der Waals surface area (Å²) in [5.41, 5.74) is 2.54. The first kappa shape index (κ1) is 16.3. The Hall–Kier alpha value is -2.11. The smallest absolute Gasteiger partial charge is 0.404 e. The molecule has 3 N–H and O–H groups in total. The molecule has 0 aromatic heterocycles. The van der Waals surface area contributed by atoms with Gasteiger partial charge < -0.3 is 15.5 Å². The number of aliphatic hydroxyl groups is 1. The molecule has 2 rings (SSSR count). The molecule has 4 nitrogen and oxygen atoms in total. The highest BCUT2D eigenvalue weighted by Gasteiger charge is 2.11. The molecule has 1 unspecified atom stereocenters. The third-order valence-corrected chi connectivity index (χ3v) is 3.53. The van der Waals surface area contributed by atoms with Crippen molar-refractivity contribution < 1.29 is 19.4 Å². The Kier molecular flexibility index (Phi) is 5.35. The van der Waals surface area contributed by atoms with E-state index >= 15 is 0 Å². The number of hydrogen-bond donors (Lipinski definition) is 3. The van der Waals surface area contributed by atoms with Crippen molar-refractivity contribution in [3.63, 3.8) is 0 Å². The van der Waals surface area contributed by atoms with Gasteiger partial charge in [-0.25, -0.2) is 9.18 Å². The number of nitrogens with one attached hydrogen (secondary N) is 1. The summed E-state index contributed by atoms with van der Waals surface area (Å²) in [5.74, 6) is -0.465. The fourth-order valence-electron chi connectivity index (χ4n) is 2.13. The maximum Gasteiger partial charge on any atom is 0.404 e. The lowest BCUT2D eigenvalue weighted by atomic mass is 10.0. The van der Waals surface area contributed by atoms with Crippen molar-refractivity contribution in [1.29, 1.82) is 0 Å². The maximum atomic E-state index is 13.2. The summed E-state index contributed by atoms with van der Waals surface area (Å²) < 4.78 is 13.2. The van der Waals surface area contributed by atoms with E-state index in [1.165, 1.54) is 6.07 Å². The average molecular weight is 324 g/mol. The number of rotatable bonds is 5. The molecule has 0 spiro atoms. The molecule has 6 heteroatoms. The Morgan fingerprint density at radius 1 is 1.18 bits per heavy atom. The van der Waals surface area contributed by atoms with Crippen LogP contribution in [0, 0.1) is 5.82 Å². The molecule has 2 aromatic rings. The summed E-state index contributed by atoms with van der Waals surface area (Å²) in [6.45, 7) is -0.276. The maximum absolute atomic E-state index is 13.2. The molecular weight excluding hydrogens is 309 g/mol. The van der Waals surface area contributed by atoms with E-state index in [0.717, 1.165) is 16.7 Å². The van der Waals surface area contributed by atoms with Gasteiger partial charge >= 0.3 is 6.09 Å². The minimum absolute atomic E-state index is 0.0626. The van der Waals surface area contributed by atoms with Crippen LogP contribution in [-0.4, -0.2) is 29.0 Å². The quantitative estimate of drug-likeness (QED) is 0.790. The Balaban J connectivity index is 2.12. The second-order valence-corrected chi connectivity index (χ2v) is 5.27. The van der Waals surface area contributed by atoms with Gasteiger partial charge in [-0.1, -0.05) is 41.9 Å². The number of halogens is 2. The number of carbonyl (C=O) groups is 1. The predicted octanol–water partition coefficient (Wildman–Crippen LogP) is 3.32. The second kappa shape index (κ2) is 7.24. The predicted molar refractivity (Wildman–Crippen MR) is 82.6 cm³/mol. The lowest BCUT2D eigenvalue weighted by Crippen LogP contribution is -2.38. The Morgan fingerprint density at radius 2 is 1.82 bits per heavy atom. The van der Waals surface area contributed by atoms with Gasteiger partial charge in [-0.15, -0.1) is 0 Å². The zero-order chi connectivity index (χ0) is 16.1. The van der Waals surface area contributed by atoms with Crippen molar-refractivity contribution in [2.24, 2.45) is 0 Å². The average Bonchev–Trinajstić information content (AvgIpc) is 2.49. The van der Waals surface area contributed by atoms with Crippen LogP contribution in [0.15, 0.2) is 42.5 Å². The molecule has 0 aliphatic rings. The molecule has 0 fully saturated rings. The van der Waals surface area contributed by atoms with E-state index in [1.54, 1.807) is 12.1 Å². The Bertz CT molecular complexity index is 661. The Morgan fingerprint density at radius 3 is 2.36 bits per heavy atom. The van der Waals surface area contributed by atoms with Crippen LogP contribution in [-0.2, 0) is 6.42 Å². The van der Waals surface area contributed by atoms with Crippen LogP contribution in [0.2, 0.25) is 5.02 Å². The molecule has 1 amide bonds. The third-order valence-electron chi connectivity index (χ3n) is 3.24. The van der Waals surface area contributed by atoms with E-state index in [-0.39, 0.29) is 11.6 Å². The minimum Gasteiger partial charge on any atom is -0.465 e. The van der Waals surface area contributed by atoms with Crippen molar-refractivity contribution in [2.75, 3.05) is 6.61 Å². The monoisotopic (exact) mass is 323 g/mol. The summed E-state index contributed by atoms with van der Waals surface area (Å²) in [7, 11) is 0. The van der Waals surface area contributed by atoms with Gasteiger partial charge in [0.1, 0.15) is 5.82 Å². The van der Waals surface area contributed by atoms with Crippen molar-refractivity contribution in [3.8, 4) is 11.1 Å². The summed E-state index contributed by atoms with van der Waals surface area (Å²) in [6.07, 6.45) is -0.788. The highest BCUT2D eigenvalue weighted by atomic mass is 35.5. The number of hydrogen-bond acceptors (Lipinski definition) is 2. The van der Waals surface area contributed by atoms with Crippen molar-refractivity contribution in [3.05, 3.63) is 58.9 Å². The molecule has 22 heavy (non-hydrogen) atoms. The van der Waals surface area contributed by atoms with Crippen LogP contribution in [0.25, 0.3) is 11.1 Å². The van der Waals surface area contributed by atoms with Gasteiger partial charge in [0.25, 0.3) is 0 Å². The SMILES string of the molecule is O=C(O)NC(CO)Cc1ccc(-c2ccc(F)c(Cl)c2)cc1. The molecule has 0 saturated heterocycles. The molecule has 2 aromatic carbocycles. The van der Waals surface area contributed by atoms with Crippen molar-refractivity contribution in [1.82, 2.24) is 5.32 Å². The molecule has 116 valence electrons. The normalized spacial score (nSPS) is 12.0. The largest absolute Gasteiger partial charge is 0.465 e. The number of benzene rings is 2. The Labute approximate surface area is 132 Å². The van der Waals surface area contributed by atoms with Crippen LogP contribution in [0.1, 0.15) is 5.56 Å². The highest BCUT2D eigenvalue weighted by molar-refractivity contribution is 6.31. The first-order valence-corrected chi connectivity index (χ1v) is 7.02. The van der Waals surface area contributed by atoms with Gasteiger partial charge in [0.2, 0.25) is 0 Å². The lowest BCUT2D eigenvalue weighted by molar-refractivity contribution is 0.177. The van der Waals surface area contributed by atoms with Crippen LogP contribution in [0.3, 0.4) is 0 Å². The number of carboxylic acid groups (broad SMARTS) is 1. The topological polar surface area (TPSA) is 69.6 Å². The molecule has 0 aliphatic carbocycles. The molecule has 0 aliphatic heterocycles. The van der Waals surface area contributed by atoms with Gasteiger partial charge in [0.15, 0.2) is 0 Å². The van der Waals surface area contributed by atoms with Crippen molar-refractivity contribution >= 4 is 17.7 Å². The van der Waals surface area contributed by atoms with Crippen LogP contribution < -0.4 is 5.32 Å². The molecule has 1 atom stereocenters. The minimum atomic E-state index is -1.17. The summed E-state index contributed by atoms with van der Waals surface area (Å²) in [4.78, 5) is 10.6. The molecule has 0 saturated carbocycles. The van der Waals surface area contributed by atoms with Gasteiger partial charge in [-0.3, -0.25) is 0 Å². The van der Waals surface area contributed by atoms with E-state index in [9.17, 15) is 9.18 Å². The van der Waals surface area contributed by atoms with E-state index in [0.29, 0.717) is 6.42 Å². The fraction of sp³-hybridized carbons (Fsp3) is 0.188. The first-order valence-electron chi connectivity index (χ1n) is 6.64. The number of aliphatic hydroxyl groups excluding tert-OH is 1. The lowest BCUT2D eigenvalue weighted by Gasteiger charge is -2.14.